The number of morpholine rings is 1. The molecule has 0 bridgehead atoms. The average molecular weight is 401 g/mol. The topological polar surface area (TPSA) is 70.1 Å². The number of ether oxygens (including phenoxy) is 1. The van der Waals surface area contributed by atoms with Crippen molar-refractivity contribution < 1.29 is 18.3 Å². The van der Waals surface area contributed by atoms with Crippen molar-refractivity contribution in [3.63, 3.8) is 0 Å². The minimum absolute atomic E-state index is 0.229. The summed E-state index contributed by atoms with van der Waals surface area (Å²) in [5.41, 5.74) is 3.14. The SMILES string of the molecule is Cc1ccc(S(=O)(=O)N2/C(=C/CO)[C@@H](N3CCOCC3)c3ccccc32)cc1. The van der Waals surface area contributed by atoms with E-state index in [0.717, 1.165) is 11.1 Å². The maximum atomic E-state index is 13.6. The quantitative estimate of drug-likeness (QED) is 0.854. The van der Waals surface area contributed by atoms with Crippen LogP contribution >= 0.6 is 0 Å². The summed E-state index contributed by atoms with van der Waals surface area (Å²) in [5, 5.41) is 9.67. The molecule has 2 aliphatic heterocycles. The fraction of sp³-hybridized carbons (Fsp3) is 0.333. The van der Waals surface area contributed by atoms with E-state index in [1.54, 1.807) is 30.3 Å². The van der Waals surface area contributed by atoms with Gasteiger partial charge in [0.2, 0.25) is 0 Å². The summed E-state index contributed by atoms with van der Waals surface area (Å²) in [4.78, 5) is 2.45. The van der Waals surface area contributed by atoms with Gasteiger partial charge in [0.25, 0.3) is 10.0 Å². The minimum atomic E-state index is -3.82. The van der Waals surface area contributed by atoms with E-state index in [4.69, 9.17) is 4.74 Å². The lowest BCUT2D eigenvalue weighted by Gasteiger charge is -2.34. The van der Waals surface area contributed by atoms with Gasteiger partial charge < -0.3 is 9.84 Å². The monoisotopic (exact) mass is 400 g/mol. The lowest BCUT2D eigenvalue weighted by molar-refractivity contribution is 0.0241. The van der Waals surface area contributed by atoms with Crippen LogP contribution in [0.25, 0.3) is 0 Å². The first-order chi connectivity index (χ1) is 13.5. The van der Waals surface area contributed by atoms with Gasteiger partial charge in [-0.1, -0.05) is 35.9 Å². The molecule has 0 amide bonds. The number of hydrogen-bond donors (Lipinski definition) is 1. The van der Waals surface area contributed by atoms with Crippen LogP contribution in [0.5, 0.6) is 0 Å². The zero-order chi connectivity index (χ0) is 19.7. The number of aliphatic hydroxyl groups is 1. The Morgan fingerprint density at radius 2 is 1.79 bits per heavy atom. The van der Waals surface area contributed by atoms with Crippen molar-refractivity contribution in [3.8, 4) is 0 Å². The van der Waals surface area contributed by atoms with E-state index in [0.29, 0.717) is 37.7 Å². The number of anilines is 1. The molecule has 2 aromatic rings. The predicted molar refractivity (Wildman–Crippen MR) is 108 cm³/mol. The summed E-state index contributed by atoms with van der Waals surface area (Å²) >= 11 is 0. The number of benzene rings is 2. The fourth-order valence-electron chi connectivity index (χ4n) is 3.90. The van der Waals surface area contributed by atoms with Gasteiger partial charge in [0, 0.05) is 18.7 Å². The highest BCUT2D eigenvalue weighted by molar-refractivity contribution is 7.93. The van der Waals surface area contributed by atoms with Gasteiger partial charge in [-0.2, -0.15) is 0 Å². The van der Waals surface area contributed by atoms with Crippen LogP contribution in [-0.4, -0.2) is 51.3 Å². The first-order valence-corrected chi connectivity index (χ1v) is 10.8. The van der Waals surface area contributed by atoms with Gasteiger partial charge in [0.05, 0.1) is 42.1 Å². The van der Waals surface area contributed by atoms with Crippen LogP contribution in [0.4, 0.5) is 5.69 Å². The first kappa shape index (κ1) is 19.1. The van der Waals surface area contributed by atoms with E-state index in [9.17, 15) is 13.5 Å². The van der Waals surface area contributed by atoms with E-state index < -0.39 is 10.0 Å². The molecule has 0 radical (unpaired) electrons. The smallest absolute Gasteiger partial charge is 0.268 e. The van der Waals surface area contributed by atoms with Gasteiger partial charge in [-0.05, 0) is 31.2 Å². The Kier molecular flexibility index (Phi) is 5.25. The molecule has 0 spiro atoms. The van der Waals surface area contributed by atoms with Crippen molar-refractivity contribution >= 4 is 15.7 Å². The molecule has 0 unspecified atom stereocenters. The van der Waals surface area contributed by atoms with E-state index >= 15 is 0 Å². The Morgan fingerprint density at radius 1 is 1.11 bits per heavy atom. The average Bonchev–Trinajstić information content (AvgIpc) is 3.04. The maximum Gasteiger partial charge on any atom is 0.268 e. The van der Waals surface area contributed by atoms with Crippen LogP contribution in [0.1, 0.15) is 17.2 Å². The van der Waals surface area contributed by atoms with Crippen LogP contribution in [0.15, 0.2) is 65.2 Å². The third-order valence-electron chi connectivity index (χ3n) is 5.24. The van der Waals surface area contributed by atoms with E-state index in [2.05, 4.69) is 4.90 Å². The molecule has 0 saturated carbocycles. The fourth-order valence-corrected chi connectivity index (χ4v) is 5.47. The number of hydrogen-bond acceptors (Lipinski definition) is 5. The largest absolute Gasteiger partial charge is 0.392 e. The van der Waals surface area contributed by atoms with Crippen LogP contribution in [-0.2, 0) is 14.8 Å². The van der Waals surface area contributed by atoms with Crippen LogP contribution in [0.3, 0.4) is 0 Å². The molecule has 2 heterocycles. The Morgan fingerprint density at radius 3 is 2.46 bits per heavy atom. The molecule has 1 fully saturated rings. The third kappa shape index (κ3) is 3.24. The number of fused-ring (bicyclic) bond motifs is 1. The van der Waals surface area contributed by atoms with Crippen molar-refractivity contribution in [2.24, 2.45) is 0 Å². The normalized spacial score (nSPS) is 21.9. The molecule has 1 N–H and O–H groups in total. The number of aliphatic hydroxyl groups excluding tert-OH is 1. The van der Waals surface area contributed by atoms with Crippen molar-refractivity contribution in [3.05, 3.63) is 71.4 Å². The van der Waals surface area contributed by atoms with Crippen LogP contribution < -0.4 is 4.31 Å². The highest BCUT2D eigenvalue weighted by atomic mass is 32.2. The number of sulfonamides is 1. The molecule has 4 rings (SSSR count). The van der Waals surface area contributed by atoms with Crippen LogP contribution in [0, 0.1) is 6.92 Å². The Hall–Kier alpha value is -2.19. The Labute approximate surface area is 165 Å². The van der Waals surface area contributed by atoms with Gasteiger partial charge in [-0.15, -0.1) is 0 Å². The van der Waals surface area contributed by atoms with Crippen LogP contribution in [0.2, 0.25) is 0 Å². The summed E-state index contributed by atoms with van der Waals surface area (Å²) in [6, 6.07) is 14.2. The van der Waals surface area contributed by atoms with Gasteiger partial charge in [-0.3, -0.25) is 4.90 Å². The minimum Gasteiger partial charge on any atom is -0.392 e. The van der Waals surface area contributed by atoms with Gasteiger partial charge in [0.15, 0.2) is 0 Å². The second-order valence-electron chi connectivity index (χ2n) is 7.00. The summed E-state index contributed by atoms with van der Waals surface area (Å²) in [7, 11) is -3.82. The summed E-state index contributed by atoms with van der Waals surface area (Å²) < 4.78 is 34.0. The summed E-state index contributed by atoms with van der Waals surface area (Å²) in [6.45, 7) is 4.32. The second-order valence-corrected chi connectivity index (χ2v) is 8.79. The molecule has 1 atom stereocenters. The molecule has 6 nitrogen and oxygen atoms in total. The Bertz CT molecular complexity index is 980. The number of para-hydroxylation sites is 1. The second kappa shape index (κ2) is 7.67. The van der Waals surface area contributed by atoms with E-state index in [-0.39, 0.29) is 17.5 Å². The first-order valence-electron chi connectivity index (χ1n) is 9.37. The predicted octanol–water partition coefficient (Wildman–Crippen LogP) is 2.45. The lowest BCUT2D eigenvalue weighted by atomic mass is 10.0. The highest BCUT2D eigenvalue weighted by Gasteiger charge is 2.43. The zero-order valence-corrected chi connectivity index (χ0v) is 16.6. The summed E-state index contributed by atoms with van der Waals surface area (Å²) in [5.74, 6) is 0. The molecule has 28 heavy (non-hydrogen) atoms. The molecule has 1 saturated heterocycles. The molecule has 0 aliphatic carbocycles. The van der Waals surface area contributed by atoms with Crippen molar-refractivity contribution in [1.82, 2.24) is 4.90 Å². The van der Waals surface area contributed by atoms with Gasteiger partial charge in [-0.25, -0.2) is 12.7 Å². The van der Waals surface area contributed by atoms with Gasteiger partial charge in [0.1, 0.15) is 0 Å². The van der Waals surface area contributed by atoms with E-state index in [1.807, 2.05) is 31.2 Å². The number of nitrogens with zero attached hydrogens (tertiary/aromatic N) is 2. The summed E-state index contributed by atoms with van der Waals surface area (Å²) in [6.07, 6.45) is 1.60. The standard InChI is InChI=1S/C21H24N2O4S/c1-16-6-8-17(9-7-16)28(25,26)23-19-5-3-2-4-18(19)21(20(23)10-13-24)22-11-14-27-15-12-22/h2-10,21,24H,11-15H2,1H3/b20-10+/t21-/m0/s1. The van der Waals surface area contributed by atoms with E-state index in [1.165, 1.54) is 4.31 Å². The number of aryl methyl sites for hydroxylation is 1. The van der Waals surface area contributed by atoms with Gasteiger partial charge >= 0.3 is 0 Å². The molecule has 7 heteroatoms. The molecule has 0 aromatic heterocycles. The molecule has 2 aliphatic rings. The molecule has 2 aromatic carbocycles. The maximum absolute atomic E-state index is 13.6. The van der Waals surface area contributed by atoms with Crippen molar-refractivity contribution in [1.29, 1.82) is 0 Å². The highest BCUT2D eigenvalue weighted by Crippen LogP contribution is 2.48. The molecular formula is C21H24N2O4S. The molecule has 148 valence electrons. The zero-order valence-electron chi connectivity index (χ0n) is 15.8. The third-order valence-corrected chi connectivity index (χ3v) is 6.99. The molecular weight excluding hydrogens is 376 g/mol. The Balaban J connectivity index is 1.86. The lowest BCUT2D eigenvalue weighted by Crippen LogP contribution is -2.40. The number of rotatable bonds is 4. The van der Waals surface area contributed by atoms with Crippen molar-refractivity contribution in [2.75, 3.05) is 37.2 Å². The van der Waals surface area contributed by atoms with Crippen molar-refractivity contribution in [2.45, 2.75) is 17.9 Å².